The topological polar surface area (TPSA) is 278 Å². The van der Waals surface area contributed by atoms with Crippen LogP contribution in [-0.2, 0) is 24.0 Å². The smallest absolute Gasteiger partial charge is 0.328 e. The van der Waals surface area contributed by atoms with Gasteiger partial charge in [-0.25, -0.2) is 4.79 Å². The summed E-state index contributed by atoms with van der Waals surface area (Å²) in [5.41, 5.74) is 21.2. The highest BCUT2D eigenvalue weighted by Crippen LogP contribution is 2.06. The number of aliphatic imine (C=N–C) groups is 1. The predicted molar refractivity (Wildman–Crippen MR) is 117 cm³/mol. The summed E-state index contributed by atoms with van der Waals surface area (Å²) in [6.45, 7) is 2.52. The molecule has 0 aliphatic heterocycles. The SMILES string of the molecule is CC(C)C(NC(=O)C(CCCN=C(N)N)NC(=O)C(N)CC(N)=O)C(=O)NC(CO)C(=O)O. The third kappa shape index (κ3) is 11.6. The first-order chi connectivity index (χ1) is 15.3. The zero-order chi connectivity index (χ0) is 25.7. The van der Waals surface area contributed by atoms with Crippen LogP contribution in [0.5, 0.6) is 0 Å². The minimum atomic E-state index is -1.56. The van der Waals surface area contributed by atoms with Crippen LogP contribution in [0.25, 0.3) is 0 Å². The molecule has 0 heterocycles. The molecule has 188 valence electrons. The molecule has 0 aromatic carbocycles. The summed E-state index contributed by atoms with van der Waals surface area (Å²) < 4.78 is 0. The van der Waals surface area contributed by atoms with Crippen LogP contribution in [0.3, 0.4) is 0 Å². The molecule has 0 radical (unpaired) electrons. The first-order valence-corrected chi connectivity index (χ1v) is 10.1. The lowest BCUT2D eigenvalue weighted by Crippen LogP contribution is -2.59. The van der Waals surface area contributed by atoms with Crippen molar-refractivity contribution in [2.24, 2.45) is 33.8 Å². The van der Waals surface area contributed by atoms with E-state index in [4.69, 9.17) is 33.1 Å². The van der Waals surface area contributed by atoms with Crippen LogP contribution < -0.4 is 38.9 Å². The molecule has 15 heteroatoms. The third-order valence-electron chi connectivity index (χ3n) is 4.38. The lowest BCUT2D eigenvalue weighted by atomic mass is 10.0. The van der Waals surface area contributed by atoms with Crippen molar-refractivity contribution in [1.29, 1.82) is 0 Å². The van der Waals surface area contributed by atoms with Crippen LogP contribution in [0.4, 0.5) is 0 Å². The molecule has 4 atom stereocenters. The number of nitrogens with one attached hydrogen (secondary N) is 3. The molecule has 4 unspecified atom stereocenters. The number of aliphatic hydroxyl groups is 1. The van der Waals surface area contributed by atoms with Gasteiger partial charge in [0.05, 0.1) is 19.1 Å². The van der Waals surface area contributed by atoms with Crippen LogP contribution >= 0.6 is 0 Å². The maximum absolute atomic E-state index is 12.9. The van der Waals surface area contributed by atoms with Crippen molar-refractivity contribution in [3.05, 3.63) is 0 Å². The van der Waals surface area contributed by atoms with E-state index in [1.807, 2.05) is 0 Å². The molecular weight excluding hydrogens is 440 g/mol. The largest absolute Gasteiger partial charge is 0.480 e. The minimum Gasteiger partial charge on any atom is -0.480 e. The lowest BCUT2D eigenvalue weighted by molar-refractivity contribution is -0.143. The molecule has 0 bridgehead atoms. The number of primary amides is 1. The summed E-state index contributed by atoms with van der Waals surface area (Å²) in [6, 6.07) is -5.20. The number of carboxylic acid groups (broad SMARTS) is 1. The average molecular weight is 475 g/mol. The van der Waals surface area contributed by atoms with E-state index in [1.165, 1.54) is 0 Å². The number of carbonyl (C=O) groups is 5. The van der Waals surface area contributed by atoms with E-state index in [1.54, 1.807) is 13.8 Å². The average Bonchev–Trinajstić information content (AvgIpc) is 2.70. The highest BCUT2D eigenvalue weighted by Gasteiger charge is 2.31. The first-order valence-electron chi connectivity index (χ1n) is 10.1. The van der Waals surface area contributed by atoms with Gasteiger partial charge < -0.3 is 49.1 Å². The molecule has 33 heavy (non-hydrogen) atoms. The zero-order valence-corrected chi connectivity index (χ0v) is 18.6. The van der Waals surface area contributed by atoms with Crippen molar-refractivity contribution in [2.45, 2.75) is 57.3 Å². The Morgan fingerprint density at radius 3 is 1.94 bits per heavy atom. The number of aliphatic hydroxyl groups excluding tert-OH is 1. The molecule has 0 saturated carbocycles. The molecule has 0 fully saturated rings. The van der Waals surface area contributed by atoms with Crippen molar-refractivity contribution < 1.29 is 34.2 Å². The van der Waals surface area contributed by atoms with Gasteiger partial charge in [0.15, 0.2) is 5.96 Å². The van der Waals surface area contributed by atoms with E-state index in [-0.39, 0.29) is 25.3 Å². The summed E-state index contributed by atoms with van der Waals surface area (Å²) >= 11 is 0. The van der Waals surface area contributed by atoms with Gasteiger partial charge in [-0.2, -0.15) is 0 Å². The van der Waals surface area contributed by atoms with Gasteiger partial charge in [-0.05, 0) is 18.8 Å². The molecule has 0 aliphatic rings. The summed E-state index contributed by atoms with van der Waals surface area (Å²) in [5.74, 6) is -5.30. The number of hydrogen-bond donors (Lipinski definition) is 9. The monoisotopic (exact) mass is 474 g/mol. The number of aliphatic carboxylic acids is 1. The lowest BCUT2D eigenvalue weighted by Gasteiger charge is -2.26. The van der Waals surface area contributed by atoms with Gasteiger partial charge in [-0.3, -0.25) is 24.2 Å². The second-order valence-electron chi connectivity index (χ2n) is 7.60. The second-order valence-corrected chi connectivity index (χ2v) is 7.60. The molecule has 0 spiro atoms. The molecule has 0 aromatic heterocycles. The zero-order valence-electron chi connectivity index (χ0n) is 18.6. The fraction of sp³-hybridized carbons (Fsp3) is 0.667. The summed E-state index contributed by atoms with van der Waals surface area (Å²) in [6.07, 6.45) is -0.118. The highest BCUT2D eigenvalue weighted by atomic mass is 16.4. The Balaban J connectivity index is 5.46. The van der Waals surface area contributed by atoms with Gasteiger partial charge in [0.25, 0.3) is 0 Å². The van der Waals surface area contributed by atoms with E-state index < -0.39 is 72.7 Å². The van der Waals surface area contributed by atoms with E-state index in [2.05, 4.69) is 20.9 Å². The minimum absolute atomic E-state index is 0.0540. The maximum Gasteiger partial charge on any atom is 0.328 e. The van der Waals surface area contributed by atoms with E-state index in [9.17, 15) is 24.0 Å². The number of hydrogen-bond acceptors (Lipinski definition) is 8. The predicted octanol–water partition coefficient (Wildman–Crippen LogP) is -4.57. The fourth-order valence-electron chi connectivity index (χ4n) is 2.60. The number of rotatable bonds is 15. The van der Waals surface area contributed by atoms with Crippen LogP contribution in [0.15, 0.2) is 4.99 Å². The molecule has 13 N–H and O–H groups in total. The van der Waals surface area contributed by atoms with Crippen molar-refractivity contribution in [1.82, 2.24) is 16.0 Å². The number of carbonyl (C=O) groups excluding carboxylic acids is 4. The van der Waals surface area contributed by atoms with E-state index >= 15 is 0 Å². The Morgan fingerprint density at radius 2 is 1.48 bits per heavy atom. The number of nitrogens with zero attached hydrogens (tertiary/aromatic N) is 1. The Hall–Kier alpha value is -3.46. The fourth-order valence-corrected chi connectivity index (χ4v) is 2.60. The van der Waals surface area contributed by atoms with E-state index in [0.717, 1.165) is 0 Å². The summed E-state index contributed by atoms with van der Waals surface area (Å²) in [4.78, 5) is 63.5. The molecule has 0 aliphatic carbocycles. The Bertz CT molecular complexity index is 739. The first kappa shape index (κ1) is 29.5. The number of amides is 4. The molecule has 4 amide bonds. The molecule has 15 nitrogen and oxygen atoms in total. The van der Waals surface area contributed by atoms with E-state index in [0.29, 0.717) is 0 Å². The Kier molecular flexibility index (Phi) is 13.0. The molecular formula is C18H34N8O7. The summed E-state index contributed by atoms with van der Waals surface area (Å²) in [5, 5.41) is 25.1. The molecule has 0 saturated heterocycles. The summed E-state index contributed by atoms with van der Waals surface area (Å²) in [7, 11) is 0. The second kappa shape index (κ2) is 14.6. The normalized spacial score (nSPS) is 14.3. The Labute approximate surface area is 190 Å². The van der Waals surface area contributed by atoms with Crippen LogP contribution in [0.1, 0.15) is 33.1 Å². The van der Waals surface area contributed by atoms with Crippen molar-refractivity contribution in [3.63, 3.8) is 0 Å². The highest BCUT2D eigenvalue weighted by molar-refractivity contribution is 5.95. The van der Waals surface area contributed by atoms with Crippen molar-refractivity contribution in [2.75, 3.05) is 13.2 Å². The number of guanidine groups is 1. The number of nitrogens with two attached hydrogens (primary N) is 4. The third-order valence-corrected chi connectivity index (χ3v) is 4.38. The van der Waals surface area contributed by atoms with Gasteiger partial charge in [-0.15, -0.1) is 0 Å². The van der Waals surface area contributed by atoms with Crippen LogP contribution in [0, 0.1) is 5.92 Å². The maximum atomic E-state index is 12.9. The standard InChI is InChI=1S/C18H34N8O7/c1-8(2)13(16(31)25-11(7-27)17(32)33)26-15(30)10(4-3-5-23-18(21)22)24-14(29)9(19)6-12(20)28/h8-11,13,27H,3-7,19H2,1-2H3,(H2,20,28)(H,24,29)(H,25,31)(H,26,30)(H,32,33)(H4,21,22,23). The van der Waals surface area contributed by atoms with Gasteiger partial charge in [0.2, 0.25) is 23.6 Å². The van der Waals surface area contributed by atoms with Gasteiger partial charge in [-0.1, -0.05) is 13.8 Å². The Morgan fingerprint density at radius 1 is 0.909 bits per heavy atom. The van der Waals surface area contributed by atoms with Gasteiger partial charge in [0, 0.05) is 6.54 Å². The van der Waals surface area contributed by atoms with Crippen LogP contribution in [-0.4, -0.2) is 83.1 Å². The quantitative estimate of drug-likeness (QED) is 0.0622. The van der Waals surface area contributed by atoms with Crippen molar-refractivity contribution in [3.8, 4) is 0 Å². The molecule has 0 rings (SSSR count). The van der Waals surface area contributed by atoms with Crippen molar-refractivity contribution >= 4 is 35.6 Å². The molecule has 0 aromatic rings. The van der Waals surface area contributed by atoms with Gasteiger partial charge in [0.1, 0.15) is 18.1 Å². The van der Waals surface area contributed by atoms with Gasteiger partial charge >= 0.3 is 5.97 Å². The number of carboxylic acids is 1. The van der Waals surface area contributed by atoms with Crippen LogP contribution in [0.2, 0.25) is 0 Å².